The maximum absolute atomic E-state index is 13.3. The number of aromatic nitrogens is 8. The molecule has 10 atom stereocenters. The molecular formula is C22H31N11O11P2. The van der Waals surface area contributed by atoms with Gasteiger partial charge in [-0.05, 0) is 12.8 Å². The van der Waals surface area contributed by atoms with Crippen molar-refractivity contribution in [2.75, 3.05) is 24.7 Å². The minimum atomic E-state index is -4.95. The summed E-state index contributed by atoms with van der Waals surface area (Å²) in [5.74, 6) is -2.00. The lowest BCUT2D eigenvalue weighted by Crippen LogP contribution is -2.33. The number of phosphoric ester groups is 2. The van der Waals surface area contributed by atoms with Crippen molar-refractivity contribution in [2.45, 2.75) is 49.3 Å². The van der Waals surface area contributed by atoms with E-state index in [0.717, 1.165) is 0 Å². The first-order chi connectivity index (χ1) is 21.3. The zero-order chi connectivity index (χ0) is 31.8. The topological polar surface area (TPSA) is 346 Å². The van der Waals surface area contributed by atoms with Crippen LogP contribution in [0.25, 0.3) is 22.3 Å². The van der Waals surface area contributed by atoms with Crippen molar-refractivity contribution in [1.82, 2.24) is 45.2 Å². The molecule has 24 heteroatoms. The van der Waals surface area contributed by atoms with Crippen molar-refractivity contribution < 1.29 is 47.2 Å². The fraction of sp³-hybridized carbons (Fsp3) is 0.545. The third-order valence-electron chi connectivity index (χ3n) is 8.45. The zero-order valence-corrected chi connectivity index (χ0v) is 25.5. The number of hydrogen-bond acceptors (Lipinski definition) is 17. The molecule has 250 valence electrons. The molecule has 1 saturated heterocycles. The number of aliphatic hydroxyl groups is 2. The molecule has 2 bridgehead atoms. The number of nitrogens with zero attached hydrogens (tertiary/aromatic N) is 7. The Kier molecular flexibility index (Phi) is 8.27. The van der Waals surface area contributed by atoms with Crippen molar-refractivity contribution in [2.24, 2.45) is 11.8 Å². The summed E-state index contributed by atoms with van der Waals surface area (Å²) in [5, 5.41) is 22.4. The van der Waals surface area contributed by atoms with Crippen molar-refractivity contribution in [3.05, 3.63) is 29.3 Å². The van der Waals surface area contributed by atoms with E-state index in [-0.39, 0.29) is 53.1 Å². The Labute approximate surface area is 257 Å². The summed E-state index contributed by atoms with van der Waals surface area (Å²) in [6, 6.07) is -1.80. The molecule has 2 aliphatic carbocycles. The minimum Gasteiger partial charge on any atom is -0.390 e. The Balaban J connectivity index is 0.00000372. The van der Waals surface area contributed by atoms with Crippen LogP contribution in [0, 0.1) is 11.8 Å². The van der Waals surface area contributed by atoms with Gasteiger partial charge in [0.05, 0.1) is 44.1 Å². The monoisotopic (exact) mass is 687 g/mol. The lowest BCUT2D eigenvalue weighted by Gasteiger charge is -2.27. The second kappa shape index (κ2) is 11.7. The van der Waals surface area contributed by atoms with E-state index in [4.69, 9.17) is 29.6 Å². The number of nitrogen functional groups attached to an aromatic ring is 2. The summed E-state index contributed by atoms with van der Waals surface area (Å²) in [6.07, 6.45) is -2.04. The van der Waals surface area contributed by atoms with Crippen molar-refractivity contribution in [1.29, 1.82) is 0 Å². The first-order valence-electron chi connectivity index (χ1n) is 13.6. The van der Waals surface area contributed by atoms with Gasteiger partial charge in [0.25, 0.3) is 5.56 Å². The fourth-order valence-corrected chi connectivity index (χ4v) is 8.43. The molecule has 1 aliphatic heterocycles. The maximum Gasteiger partial charge on any atom is 0.472 e. The van der Waals surface area contributed by atoms with Crippen LogP contribution >= 0.6 is 15.6 Å². The molecule has 0 amide bonds. The van der Waals surface area contributed by atoms with Crippen molar-refractivity contribution in [3.63, 3.8) is 0 Å². The number of imidazole rings is 2. The standard InChI is InChI=1S/C22H28N10O11P2.H3N/c23-18-12-19(26-5-25-18)31(6-27-12)10-2-9-4-41-45(38,39)43-17-11(32-7-28-13-20(32)29-22(24)30-21(13)35)1-8(14(17)33)3-40-44(36,37)42-16(9)15(10)34;/h5-11,14-17,33-34H,1-4H2,(H,36,37)(H,38,39)(H2,23,25,26)(H3,24,29,30,35);1H3/t8-,9-,10-,11-,14-,15+,16-,17+;/m1./s1. The number of aromatic amines is 1. The van der Waals surface area contributed by atoms with Crippen LogP contribution in [0.15, 0.2) is 23.8 Å². The van der Waals surface area contributed by atoms with Gasteiger partial charge in [0.2, 0.25) is 5.95 Å². The van der Waals surface area contributed by atoms with Crippen molar-refractivity contribution >= 4 is 49.7 Å². The van der Waals surface area contributed by atoms with E-state index in [1.54, 1.807) is 0 Å². The molecule has 12 N–H and O–H groups in total. The molecule has 0 spiro atoms. The van der Waals surface area contributed by atoms with Crippen LogP contribution in [0.3, 0.4) is 0 Å². The normalized spacial score (nSPS) is 36.9. The van der Waals surface area contributed by atoms with Crippen LogP contribution in [0.4, 0.5) is 11.8 Å². The highest BCUT2D eigenvalue weighted by molar-refractivity contribution is 7.47. The highest BCUT2D eigenvalue weighted by atomic mass is 31.2. The SMILES string of the molecule is N.Nc1nc2c(ncn2[C@@H]2C[C@@H]3COP(=O)(O)O[C@@H]4[C@@H](COP(=O)(O)O[C@@H]2[C@@H]3O)C[C@@H](n2cnc3c(N)ncnc32)[C@@H]4O)c(=O)[nH]1. The van der Waals surface area contributed by atoms with Gasteiger partial charge in [-0.25, -0.2) is 29.1 Å². The number of nitrogens with two attached hydrogens (primary N) is 2. The lowest BCUT2D eigenvalue weighted by molar-refractivity contribution is -0.0126. The molecule has 0 radical (unpaired) electrons. The molecule has 2 unspecified atom stereocenters. The molecule has 46 heavy (non-hydrogen) atoms. The van der Waals surface area contributed by atoms with Gasteiger partial charge in [0, 0.05) is 11.8 Å². The predicted octanol–water partition coefficient (Wildman–Crippen LogP) is -0.852. The van der Waals surface area contributed by atoms with E-state index in [1.807, 2.05) is 0 Å². The van der Waals surface area contributed by atoms with Gasteiger partial charge in [-0.15, -0.1) is 0 Å². The molecule has 0 aromatic carbocycles. The van der Waals surface area contributed by atoms with E-state index >= 15 is 0 Å². The Bertz CT molecular complexity index is 1940. The number of H-pyrrole nitrogens is 1. The summed E-state index contributed by atoms with van der Waals surface area (Å²) >= 11 is 0. The van der Waals surface area contributed by atoms with E-state index in [9.17, 15) is 33.9 Å². The number of rotatable bonds is 2. The fourth-order valence-electron chi connectivity index (χ4n) is 6.37. The summed E-state index contributed by atoms with van der Waals surface area (Å²) in [4.78, 5) is 56.5. The average molecular weight is 688 g/mol. The summed E-state index contributed by atoms with van der Waals surface area (Å²) in [5.41, 5.74) is 11.4. The molecular weight excluding hydrogens is 656 g/mol. The molecule has 7 rings (SSSR count). The molecule has 3 aliphatic rings. The number of hydrogen-bond donors (Lipinski definition) is 8. The van der Waals surface area contributed by atoms with Gasteiger partial charge in [-0.1, -0.05) is 0 Å². The van der Waals surface area contributed by atoms with Gasteiger partial charge in [-0.2, -0.15) is 4.98 Å². The van der Waals surface area contributed by atoms with Crippen LogP contribution in [0.2, 0.25) is 0 Å². The van der Waals surface area contributed by atoms with Crippen molar-refractivity contribution in [3.8, 4) is 0 Å². The quantitative estimate of drug-likeness (QED) is 0.119. The highest BCUT2D eigenvalue weighted by Gasteiger charge is 2.52. The van der Waals surface area contributed by atoms with Crippen LogP contribution in [0.5, 0.6) is 0 Å². The number of nitrogens with one attached hydrogen (secondary N) is 1. The minimum absolute atomic E-state index is 0. The van der Waals surface area contributed by atoms with Gasteiger partial charge < -0.3 is 46.8 Å². The smallest absolute Gasteiger partial charge is 0.390 e. The van der Waals surface area contributed by atoms with Gasteiger partial charge in [0.1, 0.15) is 30.2 Å². The summed E-state index contributed by atoms with van der Waals surface area (Å²) in [6.45, 7) is -1.13. The van der Waals surface area contributed by atoms with Crippen LogP contribution in [0.1, 0.15) is 24.9 Å². The first-order valence-corrected chi connectivity index (χ1v) is 16.6. The highest BCUT2D eigenvalue weighted by Crippen LogP contribution is 2.56. The molecule has 4 aromatic rings. The van der Waals surface area contributed by atoms with E-state index < -0.39 is 82.8 Å². The maximum atomic E-state index is 13.3. The van der Waals surface area contributed by atoms with E-state index in [1.165, 1.54) is 28.1 Å². The Morgan fingerprint density at radius 3 is 2.15 bits per heavy atom. The first kappa shape index (κ1) is 32.5. The summed E-state index contributed by atoms with van der Waals surface area (Å²) < 4.78 is 50.9. The Morgan fingerprint density at radius 1 is 0.826 bits per heavy atom. The molecule has 22 nitrogen and oxygen atoms in total. The number of aliphatic hydroxyl groups excluding tert-OH is 2. The van der Waals surface area contributed by atoms with E-state index in [2.05, 4.69) is 29.9 Å². The van der Waals surface area contributed by atoms with Crippen LogP contribution in [-0.4, -0.2) is 96.7 Å². The average Bonchev–Trinajstić information content (AvgIpc) is 3.72. The molecule has 4 aromatic heterocycles. The van der Waals surface area contributed by atoms with Gasteiger partial charge in [-0.3, -0.25) is 27.9 Å². The second-order valence-electron chi connectivity index (χ2n) is 11.1. The van der Waals surface area contributed by atoms with Crippen LogP contribution in [-0.2, 0) is 27.2 Å². The van der Waals surface area contributed by atoms with E-state index in [0.29, 0.717) is 0 Å². The number of fused-ring (bicyclic) bond motifs is 5. The second-order valence-corrected chi connectivity index (χ2v) is 13.9. The molecule has 3 fully saturated rings. The zero-order valence-electron chi connectivity index (χ0n) is 23.7. The van der Waals surface area contributed by atoms with Gasteiger partial charge in [0.15, 0.2) is 22.6 Å². The largest absolute Gasteiger partial charge is 0.472 e. The predicted molar refractivity (Wildman–Crippen MR) is 155 cm³/mol. The van der Waals surface area contributed by atoms with Gasteiger partial charge >= 0.3 is 15.6 Å². The number of anilines is 2. The lowest BCUT2D eigenvalue weighted by atomic mass is 10.1. The van der Waals surface area contributed by atoms with Crippen LogP contribution < -0.4 is 23.2 Å². The Hall–Kier alpha value is -3.40. The summed E-state index contributed by atoms with van der Waals surface area (Å²) in [7, 11) is -9.86. The Morgan fingerprint density at radius 2 is 1.43 bits per heavy atom. The third-order valence-corrected chi connectivity index (χ3v) is 10.4. The molecule has 2 saturated carbocycles. The molecule has 5 heterocycles. The third kappa shape index (κ3) is 5.60. The number of phosphoric acid groups is 2.